The molecule has 1 N–H and O–H groups in total. The lowest BCUT2D eigenvalue weighted by molar-refractivity contribution is -0.131. The molecule has 0 saturated heterocycles. The molecular formula is C33H34N4O3. The molecule has 1 aliphatic heterocycles. The third-order valence-electron chi connectivity index (χ3n) is 7.93. The Balaban J connectivity index is 1.30. The number of pyridine rings is 1. The van der Waals surface area contributed by atoms with Crippen LogP contribution in [0.25, 0.3) is 27.4 Å². The Bertz CT molecular complexity index is 1670. The van der Waals surface area contributed by atoms with Crippen molar-refractivity contribution in [2.45, 2.75) is 32.7 Å². The molecule has 0 saturated carbocycles. The summed E-state index contributed by atoms with van der Waals surface area (Å²) in [5.41, 5.74) is 5.77. The zero-order valence-electron chi connectivity index (χ0n) is 23.2. The number of benzene rings is 2. The average molecular weight is 535 g/mol. The fraction of sp³-hybridized carbons (Fsp3) is 0.303. The Kier molecular flexibility index (Phi) is 6.66. The van der Waals surface area contributed by atoms with Gasteiger partial charge in [0.15, 0.2) is 11.3 Å². The summed E-state index contributed by atoms with van der Waals surface area (Å²) in [5, 5.41) is 5.51. The molecule has 7 nitrogen and oxygen atoms in total. The number of aromatic nitrogens is 1. The van der Waals surface area contributed by atoms with Gasteiger partial charge in [0.1, 0.15) is 0 Å². The molecule has 3 heterocycles. The zero-order valence-corrected chi connectivity index (χ0v) is 23.2. The molecule has 0 bridgehead atoms. The highest BCUT2D eigenvalue weighted by atomic mass is 16.3. The van der Waals surface area contributed by atoms with Crippen molar-refractivity contribution in [2.75, 3.05) is 32.5 Å². The van der Waals surface area contributed by atoms with Crippen molar-refractivity contribution >= 4 is 44.9 Å². The van der Waals surface area contributed by atoms with E-state index in [1.165, 1.54) is 4.90 Å². The number of furan rings is 1. The van der Waals surface area contributed by atoms with Crippen LogP contribution in [0.2, 0.25) is 0 Å². The van der Waals surface area contributed by atoms with Crippen LogP contribution in [0.1, 0.15) is 47.9 Å². The molecule has 0 spiro atoms. The van der Waals surface area contributed by atoms with Crippen molar-refractivity contribution in [1.82, 2.24) is 14.8 Å². The maximum Gasteiger partial charge on any atom is 0.289 e. The van der Waals surface area contributed by atoms with Crippen LogP contribution in [0, 0.1) is 5.41 Å². The van der Waals surface area contributed by atoms with Crippen molar-refractivity contribution in [3.63, 3.8) is 0 Å². The minimum Gasteiger partial charge on any atom is -0.449 e. The Morgan fingerprint density at radius 1 is 1.12 bits per heavy atom. The lowest BCUT2D eigenvalue weighted by Crippen LogP contribution is -2.35. The van der Waals surface area contributed by atoms with Crippen LogP contribution in [0.15, 0.2) is 77.4 Å². The van der Waals surface area contributed by atoms with Crippen LogP contribution in [0.4, 0.5) is 5.69 Å². The summed E-state index contributed by atoms with van der Waals surface area (Å²) in [4.78, 5) is 33.7. The molecule has 0 atom stereocenters. The van der Waals surface area contributed by atoms with Crippen molar-refractivity contribution < 1.29 is 14.0 Å². The van der Waals surface area contributed by atoms with Gasteiger partial charge in [-0.25, -0.2) is 0 Å². The van der Waals surface area contributed by atoms with Gasteiger partial charge in [0, 0.05) is 62.5 Å². The maximum absolute atomic E-state index is 13.0. The number of carbonyl (C=O) groups is 2. The van der Waals surface area contributed by atoms with Gasteiger partial charge < -0.3 is 19.5 Å². The molecule has 2 aromatic carbocycles. The van der Waals surface area contributed by atoms with E-state index >= 15 is 0 Å². The van der Waals surface area contributed by atoms with E-state index in [2.05, 4.69) is 59.7 Å². The highest BCUT2D eigenvalue weighted by Gasteiger charge is 2.29. The third kappa shape index (κ3) is 5.24. The number of rotatable bonds is 8. The van der Waals surface area contributed by atoms with Gasteiger partial charge in [-0.15, -0.1) is 0 Å². The summed E-state index contributed by atoms with van der Waals surface area (Å²) in [5.74, 6) is 0.314. The number of carbonyl (C=O) groups excluding carboxylic acids is 2. The Labute approximate surface area is 234 Å². The van der Waals surface area contributed by atoms with Crippen LogP contribution < -0.4 is 5.32 Å². The summed E-state index contributed by atoms with van der Waals surface area (Å²) >= 11 is 0. The van der Waals surface area contributed by atoms with E-state index in [1.54, 1.807) is 20.3 Å². The van der Waals surface area contributed by atoms with E-state index in [-0.39, 0.29) is 17.2 Å². The molecule has 40 heavy (non-hydrogen) atoms. The molecule has 1 aliphatic carbocycles. The quantitative estimate of drug-likeness (QED) is 0.270. The van der Waals surface area contributed by atoms with E-state index in [9.17, 15) is 9.59 Å². The first-order valence-electron chi connectivity index (χ1n) is 13.8. The summed E-state index contributed by atoms with van der Waals surface area (Å²) in [6.07, 6.45) is 10.6. The van der Waals surface area contributed by atoms with Gasteiger partial charge in [-0.1, -0.05) is 43.4 Å². The van der Waals surface area contributed by atoms with E-state index in [1.807, 2.05) is 29.2 Å². The van der Waals surface area contributed by atoms with Gasteiger partial charge in [0.2, 0.25) is 5.91 Å². The van der Waals surface area contributed by atoms with Crippen LogP contribution in [0.5, 0.6) is 0 Å². The maximum atomic E-state index is 13.0. The SMILES string of the molecule is CN(C)C(=O)c1cc2cc(C3=CCCN(C(=O)CCC4(C)C=C4)C3)cc(NCc3cccc4ncccc34)c2o1. The van der Waals surface area contributed by atoms with Gasteiger partial charge in [-0.05, 0) is 59.9 Å². The number of nitrogens with zero attached hydrogens (tertiary/aromatic N) is 3. The molecule has 2 aromatic heterocycles. The first kappa shape index (κ1) is 25.9. The van der Waals surface area contributed by atoms with E-state index in [0.29, 0.717) is 30.9 Å². The molecule has 0 radical (unpaired) electrons. The minimum atomic E-state index is -0.184. The molecule has 7 heteroatoms. The van der Waals surface area contributed by atoms with E-state index in [0.717, 1.165) is 58.1 Å². The average Bonchev–Trinajstić information content (AvgIpc) is 3.55. The summed E-state index contributed by atoms with van der Waals surface area (Å²) in [7, 11) is 3.43. The van der Waals surface area contributed by atoms with Crippen LogP contribution in [0.3, 0.4) is 0 Å². The monoisotopic (exact) mass is 534 g/mol. The molecule has 4 aromatic rings. The number of allylic oxidation sites excluding steroid dienone is 2. The van der Waals surface area contributed by atoms with Gasteiger partial charge in [0.25, 0.3) is 5.91 Å². The van der Waals surface area contributed by atoms with E-state index in [4.69, 9.17) is 4.42 Å². The van der Waals surface area contributed by atoms with Crippen LogP contribution >= 0.6 is 0 Å². The zero-order chi connectivity index (χ0) is 27.9. The molecule has 0 fully saturated rings. The second-order valence-electron chi connectivity index (χ2n) is 11.3. The van der Waals surface area contributed by atoms with Crippen LogP contribution in [-0.2, 0) is 11.3 Å². The summed E-state index contributed by atoms with van der Waals surface area (Å²) in [6, 6.07) is 16.1. The highest BCUT2D eigenvalue weighted by molar-refractivity contribution is 6.00. The molecule has 0 unspecified atom stereocenters. The first-order chi connectivity index (χ1) is 19.3. The number of fused-ring (bicyclic) bond motifs is 2. The lowest BCUT2D eigenvalue weighted by atomic mass is 9.97. The Hall–Kier alpha value is -4.39. The molecular weight excluding hydrogens is 500 g/mol. The minimum absolute atomic E-state index is 0.124. The predicted octanol–water partition coefficient (Wildman–Crippen LogP) is 6.27. The smallest absolute Gasteiger partial charge is 0.289 e. The molecule has 2 amide bonds. The van der Waals surface area contributed by atoms with Crippen molar-refractivity contribution in [3.8, 4) is 0 Å². The van der Waals surface area contributed by atoms with Crippen LogP contribution in [-0.4, -0.2) is 53.8 Å². The largest absolute Gasteiger partial charge is 0.449 e. The van der Waals surface area contributed by atoms with Crippen molar-refractivity contribution in [2.24, 2.45) is 5.41 Å². The predicted molar refractivity (Wildman–Crippen MR) is 159 cm³/mol. The lowest BCUT2D eigenvalue weighted by Gasteiger charge is -2.28. The first-order valence-corrected chi connectivity index (χ1v) is 13.8. The summed E-state index contributed by atoms with van der Waals surface area (Å²) < 4.78 is 6.11. The number of amides is 2. The number of hydrogen-bond donors (Lipinski definition) is 1. The highest BCUT2D eigenvalue weighted by Crippen LogP contribution is 2.39. The van der Waals surface area contributed by atoms with Crippen molar-refractivity contribution in [1.29, 1.82) is 0 Å². The number of anilines is 1. The number of nitrogens with one attached hydrogen (secondary N) is 1. The standard InChI is InChI=1S/C33H34N4O3/c1-33(13-14-33)12-11-30(38)37-16-6-8-23(21-37)24-17-25-19-29(32(39)36(2)3)40-31(25)28(18-24)35-20-22-7-4-10-27-26(22)9-5-15-34-27/h4-5,7-10,13-15,17-19,35H,6,11-12,16,20-21H2,1-3H3. The fourth-order valence-electron chi connectivity index (χ4n) is 5.32. The Morgan fingerprint density at radius 3 is 2.77 bits per heavy atom. The number of hydrogen-bond acceptors (Lipinski definition) is 5. The molecule has 204 valence electrons. The second-order valence-corrected chi connectivity index (χ2v) is 11.3. The Morgan fingerprint density at radius 2 is 1.98 bits per heavy atom. The van der Waals surface area contributed by atoms with E-state index < -0.39 is 0 Å². The fourth-order valence-corrected chi connectivity index (χ4v) is 5.32. The summed E-state index contributed by atoms with van der Waals surface area (Å²) in [6.45, 7) is 4.04. The molecule has 6 rings (SSSR count). The van der Waals surface area contributed by atoms with Gasteiger partial charge in [-0.2, -0.15) is 0 Å². The van der Waals surface area contributed by atoms with Crippen molar-refractivity contribution in [3.05, 3.63) is 89.8 Å². The van der Waals surface area contributed by atoms with Gasteiger partial charge in [-0.3, -0.25) is 14.6 Å². The molecule has 2 aliphatic rings. The topological polar surface area (TPSA) is 78.7 Å². The van der Waals surface area contributed by atoms with Gasteiger partial charge >= 0.3 is 0 Å². The van der Waals surface area contributed by atoms with Gasteiger partial charge in [0.05, 0.1) is 11.2 Å². The second kappa shape index (κ2) is 10.3. The third-order valence-corrected chi connectivity index (χ3v) is 7.93. The normalized spacial score (nSPS) is 15.8.